The number of hydrogen-bond donors (Lipinski definition) is 1. The quantitative estimate of drug-likeness (QED) is 0.714. The Morgan fingerprint density at radius 3 is 2.47 bits per heavy atom. The fourth-order valence-electron chi connectivity index (χ4n) is 4.05. The Kier molecular flexibility index (Phi) is 5.48. The summed E-state index contributed by atoms with van der Waals surface area (Å²) in [5, 5.41) is 9.49. The van der Waals surface area contributed by atoms with E-state index in [0.29, 0.717) is 6.54 Å². The van der Waals surface area contributed by atoms with Gasteiger partial charge in [0.05, 0.1) is 5.92 Å². The highest BCUT2D eigenvalue weighted by Crippen LogP contribution is 2.35. The number of amides is 2. The zero-order chi connectivity index (χ0) is 21.1. The van der Waals surface area contributed by atoms with Crippen LogP contribution in [0.4, 0.5) is 10.5 Å². The summed E-state index contributed by atoms with van der Waals surface area (Å²) in [7, 11) is 1.75. The third-order valence-electron chi connectivity index (χ3n) is 5.69. The maximum atomic E-state index is 13.4. The summed E-state index contributed by atoms with van der Waals surface area (Å²) in [5.41, 5.74) is 3.69. The molecule has 1 saturated heterocycles. The normalized spacial score (nSPS) is 18.2. The van der Waals surface area contributed by atoms with E-state index in [1.807, 2.05) is 66.7 Å². The van der Waals surface area contributed by atoms with E-state index >= 15 is 0 Å². The van der Waals surface area contributed by atoms with Crippen LogP contribution < -0.4 is 4.90 Å². The lowest BCUT2D eigenvalue weighted by Crippen LogP contribution is -2.37. The molecule has 2 heterocycles. The molecule has 0 aliphatic carbocycles. The summed E-state index contributed by atoms with van der Waals surface area (Å²) in [5.74, 6) is -0.690. The Morgan fingerprint density at radius 1 is 1.00 bits per heavy atom. The molecule has 0 saturated carbocycles. The van der Waals surface area contributed by atoms with Crippen LogP contribution in [-0.4, -0.2) is 47.1 Å². The fraction of sp³-hybridized carbons (Fsp3) is 0.208. The molecule has 2 amide bonds. The molecular weight excluding hydrogens is 378 g/mol. The van der Waals surface area contributed by atoms with Crippen molar-refractivity contribution in [1.29, 1.82) is 0 Å². The van der Waals surface area contributed by atoms with Gasteiger partial charge in [0, 0.05) is 49.7 Å². The summed E-state index contributed by atoms with van der Waals surface area (Å²) >= 11 is 0. The van der Waals surface area contributed by atoms with Crippen LogP contribution >= 0.6 is 0 Å². The predicted molar refractivity (Wildman–Crippen MR) is 115 cm³/mol. The Morgan fingerprint density at radius 2 is 1.77 bits per heavy atom. The molecule has 0 unspecified atom stereocenters. The van der Waals surface area contributed by atoms with Gasteiger partial charge in [0.2, 0.25) is 5.91 Å². The van der Waals surface area contributed by atoms with E-state index in [2.05, 4.69) is 4.98 Å². The van der Waals surface area contributed by atoms with Gasteiger partial charge in [-0.15, -0.1) is 0 Å². The minimum atomic E-state index is -0.993. The first kappa shape index (κ1) is 19.6. The van der Waals surface area contributed by atoms with Crippen LogP contribution in [-0.2, 0) is 4.79 Å². The van der Waals surface area contributed by atoms with Crippen LogP contribution in [0.5, 0.6) is 0 Å². The molecule has 1 aliphatic rings. The predicted octanol–water partition coefficient (Wildman–Crippen LogP) is 4.11. The van der Waals surface area contributed by atoms with Crippen molar-refractivity contribution in [3.05, 3.63) is 84.7 Å². The van der Waals surface area contributed by atoms with Gasteiger partial charge >= 0.3 is 6.09 Å². The van der Waals surface area contributed by atoms with Crippen LogP contribution in [0.3, 0.4) is 0 Å². The summed E-state index contributed by atoms with van der Waals surface area (Å²) in [6.07, 6.45) is 2.52. The highest BCUT2D eigenvalue weighted by atomic mass is 16.4. The molecule has 3 aromatic rings. The van der Waals surface area contributed by atoms with E-state index in [9.17, 15) is 14.7 Å². The van der Waals surface area contributed by atoms with E-state index in [1.165, 1.54) is 4.90 Å². The number of carbonyl (C=O) groups excluding carboxylic acids is 1. The standard InChI is InChI=1S/C24H23N3O3/c1-26(20-11-5-9-18(13-20)19-10-6-12-25-14-19)23(28)22-16-27(24(29)30)15-21(22)17-7-3-2-4-8-17/h2-14,21-22H,15-16H2,1H3,(H,29,30)/t21-,22+/m1/s1. The lowest BCUT2D eigenvalue weighted by atomic mass is 9.88. The second-order valence-corrected chi connectivity index (χ2v) is 7.50. The van der Waals surface area contributed by atoms with E-state index in [4.69, 9.17) is 0 Å². The van der Waals surface area contributed by atoms with Crippen molar-refractivity contribution in [2.75, 3.05) is 25.0 Å². The number of carbonyl (C=O) groups is 2. The SMILES string of the molecule is CN(C(=O)[C@H]1CN(C(=O)O)C[C@@H]1c1ccccc1)c1cccc(-c2cccnc2)c1. The van der Waals surface area contributed by atoms with Crippen molar-refractivity contribution in [3.63, 3.8) is 0 Å². The Hall–Kier alpha value is -3.67. The largest absolute Gasteiger partial charge is 0.465 e. The highest BCUT2D eigenvalue weighted by Gasteiger charge is 2.41. The maximum Gasteiger partial charge on any atom is 0.407 e. The third kappa shape index (κ3) is 3.89. The van der Waals surface area contributed by atoms with Crippen molar-refractivity contribution in [2.24, 2.45) is 5.92 Å². The zero-order valence-corrected chi connectivity index (χ0v) is 16.7. The smallest absolute Gasteiger partial charge is 0.407 e. The first-order valence-electron chi connectivity index (χ1n) is 9.85. The van der Waals surface area contributed by atoms with Crippen molar-refractivity contribution < 1.29 is 14.7 Å². The summed E-state index contributed by atoms with van der Waals surface area (Å²) in [6, 6.07) is 21.3. The third-order valence-corrected chi connectivity index (χ3v) is 5.69. The Bertz CT molecular complexity index is 1040. The van der Waals surface area contributed by atoms with Gasteiger partial charge in [-0.1, -0.05) is 48.5 Å². The Labute approximate surface area is 175 Å². The molecule has 4 rings (SSSR count). The van der Waals surface area contributed by atoms with Crippen molar-refractivity contribution in [3.8, 4) is 11.1 Å². The second-order valence-electron chi connectivity index (χ2n) is 7.50. The van der Waals surface area contributed by atoms with Crippen molar-refractivity contribution in [2.45, 2.75) is 5.92 Å². The van der Waals surface area contributed by atoms with Gasteiger partial charge in [-0.05, 0) is 29.3 Å². The van der Waals surface area contributed by atoms with Gasteiger partial charge in [-0.3, -0.25) is 9.78 Å². The van der Waals surface area contributed by atoms with E-state index in [-0.39, 0.29) is 18.4 Å². The van der Waals surface area contributed by atoms with Gasteiger partial charge < -0.3 is 14.9 Å². The summed E-state index contributed by atoms with van der Waals surface area (Å²) in [6.45, 7) is 0.514. The van der Waals surface area contributed by atoms with E-state index in [1.54, 1.807) is 24.3 Å². The van der Waals surface area contributed by atoms with Gasteiger partial charge in [0.15, 0.2) is 0 Å². The van der Waals surface area contributed by atoms with Gasteiger partial charge in [0.1, 0.15) is 0 Å². The lowest BCUT2D eigenvalue weighted by Gasteiger charge is -2.25. The number of likely N-dealkylation sites (tertiary alicyclic amines) is 1. The topological polar surface area (TPSA) is 73.7 Å². The average Bonchev–Trinajstić information content (AvgIpc) is 3.25. The molecule has 30 heavy (non-hydrogen) atoms. The first-order valence-corrected chi connectivity index (χ1v) is 9.85. The monoisotopic (exact) mass is 401 g/mol. The zero-order valence-electron chi connectivity index (χ0n) is 16.7. The number of hydrogen-bond acceptors (Lipinski definition) is 3. The molecule has 1 aromatic heterocycles. The van der Waals surface area contributed by atoms with Crippen LogP contribution in [0.25, 0.3) is 11.1 Å². The van der Waals surface area contributed by atoms with Crippen LogP contribution in [0, 0.1) is 5.92 Å². The van der Waals surface area contributed by atoms with E-state index < -0.39 is 12.0 Å². The van der Waals surface area contributed by atoms with Crippen LogP contribution in [0.2, 0.25) is 0 Å². The number of aromatic nitrogens is 1. The molecular formula is C24H23N3O3. The summed E-state index contributed by atoms with van der Waals surface area (Å²) in [4.78, 5) is 32.1. The number of carboxylic acid groups (broad SMARTS) is 1. The molecule has 1 aliphatic heterocycles. The number of benzene rings is 2. The molecule has 152 valence electrons. The van der Waals surface area contributed by atoms with Crippen LogP contribution in [0.15, 0.2) is 79.1 Å². The lowest BCUT2D eigenvalue weighted by molar-refractivity contribution is -0.122. The minimum Gasteiger partial charge on any atom is -0.465 e. The number of nitrogens with zero attached hydrogens (tertiary/aromatic N) is 3. The van der Waals surface area contributed by atoms with Crippen LogP contribution in [0.1, 0.15) is 11.5 Å². The number of rotatable bonds is 4. The van der Waals surface area contributed by atoms with Crippen molar-refractivity contribution in [1.82, 2.24) is 9.88 Å². The molecule has 2 aromatic carbocycles. The minimum absolute atomic E-state index is 0.0871. The summed E-state index contributed by atoms with van der Waals surface area (Å²) < 4.78 is 0. The van der Waals surface area contributed by atoms with Gasteiger partial charge in [-0.25, -0.2) is 4.79 Å². The highest BCUT2D eigenvalue weighted by molar-refractivity contribution is 5.96. The van der Waals surface area contributed by atoms with E-state index in [0.717, 1.165) is 22.4 Å². The first-order chi connectivity index (χ1) is 14.5. The van der Waals surface area contributed by atoms with Crippen molar-refractivity contribution >= 4 is 17.7 Å². The second kappa shape index (κ2) is 8.37. The molecule has 1 N–H and O–H groups in total. The molecule has 0 spiro atoms. The molecule has 6 nitrogen and oxygen atoms in total. The molecule has 0 bridgehead atoms. The maximum absolute atomic E-state index is 13.4. The number of anilines is 1. The molecule has 0 radical (unpaired) electrons. The number of pyridine rings is 1. The molecule has 1 fully saturated rings. The van der Waals surface area contributed by atoms with Gasteiger partial charge in [-0.2, -0.15) is 0 Å². The average molecular weight is 401 g/mol. The molecule has 6 heteroatoms. The fourth-order valence-corrected chi connectivity index (χ4v) is 4.05. The Balaban J connectivity index is 1.61. The van der Waals surface area contributed by atoms with Gasteiger partial charge in [0.25, 0.3) is 0 Å². The molecule has 2 atom stereocenters.